The fourth-order valence-corrected chi connectivity index (χ4v) is 4.30. The number of nitrogens with one attached hydrogen (secondary N) is 2. The highest BCUT2D eigenvalue weighted by Crippen LogP contribution is 2.35. The molecule has 11 heteroatoms. The van der Waals surface area contributed by atoms with Gasteiger partial charge < -0.3 is 20.4 Å². The van der Waals surface area contributed by atoms with Crippen LogP contribution >= 0.6 is 0 Å². The van der Waals surface area contributed by atoms with E-state index in [0.717, 1.165) is 11.1 Å². The van der Waals surface area contributed by atoms with Crippen LogP contribution in [-0.4, -0.2) is 62.1 Å². The molecule has 11 nitrogen and oxygen atoms in total. The van der Waals surface area contributed by atoms with E-state index in [1.807, 2.05) is 74.7 Å². The van der Waals surface area contributed by atoms with Crippen molar-refractivity contribution in [1.82, 2.24) is 29.5 Å². The molecule has 0 saturated heterocycles. The van der Waals surface area contributed by atoms with Crippen molar-refractivity contribution < 1.29 is 9.59 Å². The minimum absolute atomic E-state index is 0.229. The molecular weight excluding hydrogens is 506 g/mol. The Hall–Kier alpha value is -5.03. The van der Waals surface area contributed by atoms with Crippen LogP contribution in [-0.2, 0) is 24.9 Å². The second-order valence-electron chi connectivity index (χ2n) is 9.71. The van der Waals surface area contributed by atoms with Gasteiger partial charge in [0.05, 0.1) is 12.2 Å². The monoisotopic (exact) mass is 537 g/mol. The summed E-state index contributed by atoms with van der Waals surface area (Å²) in [6.07, 6.45) is 6.83. The van der Waals surface area contributed by atoms with Gasteiger partial charge in [-0.15, -0.1) is 0 Å². The molecule has 3 amide bonds. The highest BCUT2D eigenvalue weighted by molar-refractivity contribution is 6.03. The van der Waals surface area contributed by atoms with E-state index < -0.39 is 0 Å². The molecule has 2 aromatic carbocycles. The first-order valence-electron chi connectivity index (χ1n) is 12.8. The molecule has 1 aliphatic heterocycles. The lowest BCUT2D eigenvalue weighted by atomic mass is 10.1. The van der Waals surface area contributed by atoms with Crippen LogP contribution < -0.4 is 15.5 Å². The third-order valence-corrected chi connectivity index (χ3v) is 6.16. The van der Waals surface area contributed by atoms with Gasteiger partial charge in [-0.2, -0.15) is 10.1 Å². The maximum absolute atomic E-state index is 14.0. The first-order chi connectivity index (χ1) is 19.4. The molecule has 204 valence electrons. The van der Waals surface area contributed by atoms with Gasteiger partial charge in [0.25, 0.3) is 0 Å². The van der Waals surface area contributed by atoms with E-state index in [9.17, 15) is 9.59 Å². The summed E-state index contributed by atoms with van der Waals surface area (Å²) in [5.74, 6) is 1.13. The van der Waals surface area contributed by atoms with Crippen molar-refractivity contribution in [3.63, 3.8) is 0 Å². The fraction of sp³-hybridized carbons (Fsp3) is 0.207. The summed E-state index contributed by atoms with van der Waals surface area (Å²) in [6, 6.07) is 18.6. The Labute approximate surface area is 232 Å². The van der Waals surface area contributed by atoms with Crippen LogP contribution in [0.1, 0.15) is 11.1 Å². The molecular formula is C29H31N9O2. The van der Waals surface area contributed by atoms with Crippen molar-refractivity contribution in [3.05, 3.63) is 96.3 Å². The van der Waals surface area contributed by atoms with Crippen molar-refractivity contribution in [2.45, 2.75) is 13.1 Å². The van der Waals surface area contributed by atoms with E-state index in [-0.39, 0.29) is 11.9 Å². The van der Waals surface area contributed by atoms with Gasteiger partial charge in [0.15, 0.2) is 11.6 Å². The van der Waals surface area contributed by atoms with E-state index in [0.29, 0.717) is 48.6 Å². The normalized spacial score (nSPS) is 13.2. The molecule has 2 aromatic heterocycles. The standard InChI is InChI=1S/C29H31N9O2/c1-35(2)15-8-13-26(39)31-23-11-7-12-24(17-23)38-27-22(18-30-28(33-27)32-25-14-16-36(3)34-25)20-37(29(38)40)19-21-9-5-4-6-10-21/h4-14,16-18H,15,19-20H2,1-3H3,(H,31,39)(H,30,32,33,34)/b13-8+. The zero-order valence-corrected chi connectivity index (χ0v) is 22.7. The summed E-state index contributed by atoms with van der Waals surface area (Å²) in [5.41, 5.74) is 2.94. The number of aryl methyl sites for hydroxylation is 1. The molecule has 0 bridgehead atoms. The Kier molecular flexibility index (Phi) is 7.83. The number of aromatic nitrogens is 4. The quantitative estimate of drug-likeness (QED) is 0.307. The van der Waals surface area contributed by atoms with Crippen molar-refractivity contribution in [2.24, 2.45) is 7.05 Å². The fourth-order valence-electron chi connectivity index (χ4n) is 4.30. The number of likely N-dealkylation sites (N-methyl/N-ethyl adjacent to an activating group) is 1. The molecule has 0 unspecified atom stereocenters. The van der Waals surface area contributed by atoms with Crippen LogP contribution in [0, 0.1) is 0 Å². The number of nitrogens with zero attached hydrogens (tertiary/aromatic N) is 7. The largest absolute Gasteiger partial charge is 0.330 e. The lowest BCUT2D eigenvalue weighted by Crippen LogP contribution is -2.45. The molecule has 1 aliphatic rings. The summed E-state index contributed by atoms with van der Waals surface area (Å²) >= 11 is 0. The zero-order chi connectivity index (χ0) is 28.1. The average molecular weight is 538 g/mol. The number of hydrogen-bond donors (Lipinski definition) is 2. The van der Waals surface area contributed by atoms with Crippen LogP contribution in [0.15, 0.2) is 85.2 Å². The predicted octanol–water partition coefficient (Wildman–Crippen LogP) is 4.28. The molecule has 0 radical (unpaired) electrons. The topological polar surface area (TPSA) is 112 Å². The van der Waals surface area contributed by atoms with Crippen LogP contribution in [0.2, 0.25) is 0 Å². The number of rotatable bonds is 9. The summed E-state index contributed by atoms with van der Waals surface area (Å²) < 4.78 is 1.67. The number of anilines is 5. The molecule has 2 N–H and O–H groups in total. The molecule has 3 heterocycles. The molecule has 0 fully saturated rings. The molecule has 5 rings (SSSR count). The SMILES string of the molecule is CN(C)C/C=C/C(=O)Nc1cccc(N2C(=O)N(Cc3ccccc3)Cc3cnc(Nc4ccn(C)n4)nc32)c1. The van der Waals surface area contributed by atoms with Gasteiger partial charge in [0.2, 0.25) is 11.9 Å². The van der Waals surface area contributed by atoms with Crippen molar-refractivity contribution in [1.29, 1.82) is 0 Å². The van der Waals surface area contributed by atoms with E-state index >= 15 is 0 Å². The van der Waals surface area contributed by atoms with Crippen LogP contribution in [0.4, 0.5) is 33.8 Å². The molecule has 40 heavy (non-hydrogen) atoms. The highest BCUT2D eigenvalue weighted by atomic mass is 16.2. The van der Waals surface area contributed by atoms with Gasteiger partial charge in [-0.05, 0) is 37.9 Å². The van der Waals surface area contributed by atoms with Crippen LogP contribution in [0.3, 0.4) is 0 Å². The Morgan fingerprint density at radius 3 is 2.67 bits per heavy atom. The maximum Gasteiger partial charge on any atom is 0.330 e. The minimum Gasteiger partial charge on any atom is -0.322 e. The zero-order valence-electron chi connectivity index (χ0n) is 22.7. The van der Waals surface area contributed by atoms with Crippen molar-refractivity contribution in [3.8, 4) is 0 Å². The van der Waals surface area contributed by atoms with Gasteiger partial charge in [0.1, 0.15) is 0 Å². The third-order valence-electron chi connectivity index (χ3n) is 6.16. The molecule has 0 aliphatic carbocycles. The minimum atomic E-state index is -0.251. The lowest BCUT2D eigenvalue weighted by Gasteiger charge is -2.36. The number of urea groups is 1. The molecule has 0 spiro atoms. The Morgan fingerprint density at radius 1 is 1.10 bits per heavy atom. The summed E-state index contributed by atoms with van der Waals surface area (Å²) in [5, 5.41) is 10.3. The van der Waals surface area contributed by atoms with Crippen LogP contribution in [0.25, 0.3) is 0 Å². The Morgan fingerprint density at radius 2 is 1.93 bits per heavy atom. The number of carbonyl (C=O) groups is 2. The average Bonchev–Trinajstić information content (AvgIpc) is 3.34. The third kappa shape index (κ3) is 6.33. The predicted molar refractivity (Wildman–Crippen MR) is 155 cm³/mol. The van der Waals surface area contributed by atoms with Gasteiger partial charge >= 0.3 is 6.03 Å². The van der Waals surface area contributed by atoms with E-state index in [4.69, 9.17) is 4.98 Å². The van der Waals surface area contributed by atoms with Gasteiger partial charge in [-0.3, -0.25) is 9.48 Å². The van der Waals surface area contributed by atoms with E-state index in [1.165, 1.54) is 6.08 Å². The lowest BCUT2D eigenvalue weighted by molar-refractivity contribution is -0.111. The molecule has 0 saturated carbocycles. The number of amides is 3. The van der Waals surface area contributed by atoms with Gasteiger partial charge in [-0.1, -0.05) is 42.5 Å². The smallest absolute Gasteiger partial charge is 0.322 e. The van der Waals surface area contributed by atoms with Crippen molar-refractivity contribution >= 4 is 40.9 Å². The number of hydrogen-bond acceptors (Lipinski definition) is 7. The van der Waals surface area contributed by atoms with Gasteiger partial charge in [0, 0.05) is 55.9 Å². The van der Waals surface area contributed by atoms with Gasteiger partial charge in [-0.25, -0.2) is 14.7 Å². The Balaban J connectivity index is 1.47. The highest BCUT2D eigenvalue weighted by Gasteiger charge is 2.33. The number of benzene rings is 2. The molecule has 4 aromatic rings. The maximum atomic E-state index is 14.0. The van der Waals surface area contributed by atoms with Crippen molar-refractivity contribution in [2.75, 3.05) is 36.2 Å². The second-order valence-corrected chi connectivity index (χ2v) is 9.71. The number of carbonyl (C=O) groups excluding carboxylic acids is 2. The summed E-state index contributed by atoms with van der Waals surface area (Å²) in [6.45, 7) is 1.44. The summed E-state index contributed by atoms with van der Waals surface area (Å²) in [7, 11) is 5.69. The second kappa shape index (κ2) is 11.8. The first kappa shape index (κ1) is 26.6. The van der Waals surface area contributed by atoms with E-state index in [1.54, 1.807) is 45.0 Å². The number of fused-ring (bicyclic) bond motifs is 1. The van der Waals surface area contributed by atoms with Crippen LogP contribution in [0.5, 0.6) is 0 Å². The molecule has 0 atom stereocenters. The first-order valence-corrected chi connectivity index (χ1v) is 12.8. The Bertz CT molecular complexity index is 1530. The van der Waals surface area contributed by atoms with E-state index in [2.05, 4.69) is 20.7 Å². The summed E-state index contributed by atoms with van der Waals surface area (Å²) in [4.78, 5) is 40.9.